The van der Waals surface area contributed by atoms with Gasteiger partial charge in [0.1, 0.15) is 0 Å². The highest BCUT2D eigenvalue weighted by Gasteiger charge is 2.44. The molecule has 2 heteroatoms. The minimum atomic E-state index is 0.809. The predicted octanol–water partition coefficient (Wildman–Crippen LogP) is 2.29. The lowest BCUT2D eigenvalue weighted by Gasteiger charge is -2.22. The summed E-state index contributed by atoms with van der Waals surface area (Å²) in [6.45, 7) is 1.04. The minimum absolute atomic E-state index is 0.809. The Morgan fingerprint density at radius 2 is 2.43 bits per heavy atom. The first kappa shape index (κ1) is 8.54. The van der Waals surface area contributed by atoms with Gasteiger partial charge in [0.25, 0.3) is 0 Å². The van der Waals surface area contributed by atoms with Crippen LogP contribution in [0.4, 0.5) is 0 Å². The Balaban J connectivity index is 1.52. The number of fused-ring (bicyclic) bond motifs is 1. The quantitative estimate of drug-likeness (QED) is 0.752. The Bertz CT molecular complexity index is 291. The van der Waals surface area contributed by atoms with Gasteiger partial charge in [0.15, 0.2) is 0 Å². The molecule has 3 atom stereocenters. The Morgan fingerprint density at radius 1 is 1.43 bits per heavy atom. The van der Waals surface area contributed by atoms with E-state index in [1.54, 1.807) is 0 Å². The van der Waals surface area contributed by atoms with Crippen molar-refractivity contribution in [2.24, 2.45) is 11.8 Å². The van der Waals surface area contributed by atoms with Crippen LogP contribution in [0.15, 0.2) is 18.5 Å². The lowest BCUT2D eigenvalue weighted by molar-refractivity contribution is 0.352. The molecular weight excluding hydrogens is 172 g/mol. The van der Waals surface area contributed by atoms with Crippen LogP contribution in [0.3, 0.4) is 0 Å². The Morgan fingerprint density at radius 3 is 3.29 bits per heavy atom. The van der Waals surface area contributed by atoms with E-state index in [4.69, 9.17) is 0 Å². The fourth-order valence-corrected chi connectivity index (χ4v) is 2.88. The third kappa shape index (κ3) is 1.59. The van der Waals surface area contributed by atoms with Gasteiger partial charge in [0.05, 0.1) is 0 Å². The second-order valence-corrected chi connectivity index (χ2v) is 4.80. The van der Waals surface area contributed by atoms with Crippen molar-refractivity contribution in [3.63, 3.8) is 0 Å². The number of H-pyrrole nitrogens is 1. The molecule has 2 N–H and O–H groups in total. The molecule has 3 rings (SSSR count). The Hall–Kier alpha value is -0.760. The zero-order chi connectivity index (χ0) is 9.38. The van der Waals surface area contributed by atoms with Crippen LogP contribution >= 0.6 is 0 Å². The number of rotatable bonds is 3. The van der Waals surface area contributed by atoms with Crippen molar-refractivity contribution < 1.29 is 0 Å². The maximum Gasteiger partial charge on any atom is 0.0223 e. The fourth-order valence-electron chi connectivity index (χ4n) is 2.88. The van der Waals surface area contributed by atoms with Crippen LogP contribution in [0, 0.1) is 11.8 Å². The summed E-state index contributed by atoms with van der Waals surface area (Å²) in [6, 6.07) is 2.96. The first-order chi connectivity index (χ1) is 6.93. The van der Waals surface area contributed by atoms with E-state index >= 15 is 0 Å². The summed E-state index contributed by atoms with van der Waals surface area (Å²) in [5.74, 6) is 2.09. The van der Waals surface area contributed by atoms with E-state index in [0.29, 0.717) is 0 Å². The highest BCUT2D eigenvalue weighted by atomic mass is 14.9. The third-order valence-electron chi connectivity index (χ3n) is 3.81. The molecule has 0 aromatic carbocycles. The normalized spacial score (nSPS) is 35.3. The van der Waals surface area contributed by atoms with E-state index in [1.807, 2.05) is 6.20 Å². The van der Waals surface area contributed by atoms with Crippen LogP contribution in [0.2, 0.25) is 0 Å². The Kier molecular flexibility index (Phi) is 2.09. The van der Waals surface area contributed by atoms with Gasteiger partial charge in [-0.25, -0.2) is 0 Å². The van der Waals surface area contributed by atoms with Crippen molar-refractivity contribution >= 4 is 0 Å². The van der Waals surface area contributed by atoms with Gasteiger partial charge < -0.3 is 10.3 Å². The standard InChI is InChI=1S/C12H18N2/c1-2-10-6-11(10)12(3-1)14-8-9-4-5-13-7-9/h4-5,7,10-14H,1-3,6,8H2. The average Bonchev–Trinajstić information content (AvgIpc) is 2.83. The van der Waals surface area contributed by atoms with Gasteiger partial charge in [0.2, 0.25) is 0 Å². The first-order valence-electron chi connectivity index (χ1n) is 5.78. The molecule has 1 heterocycles. The lowest BCUT2D eigenvalue weighted by atomic mass is 9.95. The Labute approximate surface area is 85.1 Å². The maximum atomic E-state index is 3.70. The van der Waals surface area contributed by atoms with Gasteiger partial charge in [-0.15, -0.1) is 0 Å². The molecule has 14 heavy (non-hydrogen) atoms. The summed E-state index contributed by atoms with van der Waals surface area (Å²) in [5, 5.41) is 3.70. The average molecular weight is 190 g/mol. The molecule has 0 saturated heterocycles. The van der Waals surface area contributed by atoms with Gasteiger partial charge in [-0.2, -0.15) is 0 Å². The first-order valence-corrected chi connectivity index (χ1v) is 5.78. The topological polar surface area (TPSA) is 27.8 Å². The zero-order valence-electron chi connectivity index (χ0n) is 8.50. The van der Waals surface area contributed by atoms with E-state index in [-0.39, 0.29) is 0 Å². The van der Waals surface area contributed by atoms with Crippen molar-refractivity contribution in [1.82, 2.24) is 10.3 Å². The highest BCUT2D eigenvalue weighted by Crippen LogP contribution is 2.49. The van der Waals surface area contributed by atoms with Crippen LogP contribution in [-0.4, -0.2) is 11.0 Å². The van der Waals surface area contributed by atoms with Gasteiger partial charge >= 0.3 is 0 Å². The zero-order valence-corrected chi connectivity index (χ0v) is 8.50. The SMILES string of the molecule is c1cc(CNC2CCCC3CC32)c[nH]1. The number of aromatic nitrogens is 1. The molecule has 2 fully saturated rings. The van der Waals surface area contributed by atoms with E-state index < -0.39 is 0 Å². The molecule has 3 unspecified atom stereocenters. The van der Waals surface area contributed by atoms with E-state index in [1.165, 1.54) is 31.2 Å². The molecule has 2 aliphatic rings. The second kappa shape index (κ2) is 3.43. The molecule has 0 bridgehead atoms. The molecule has 0 radical (unpaired) electrons. The number of hydrogen-bond acceptors (Lipinski definition) is 1. The molecule has 1 aromatic rings. The third-order valence-corrected chi connectivity index (χ3v) is 3.81. The molecule has 76 valence electrons. The van der Waals surface area contributed by atoms with E-state index in [2.05, 4.69) is 22.6 Å². The molecule has 0 aliphatic heterocycles. The summed E-state index contributed by atoms with van der Waals surface area (Å²) in [6.07, 6.45) is 9.90. The van der Waals surface area contributed by atoms with Gasteiger partial charge in [-0.05, 0) is 36.3 Å². The fraction of sp³-hybridized carbons (Fsp3) is 0.667. The van der Waals surface area contributed by atoms with Gasteiger partial charge in [-0.1, -0.05) is 12.8 Å². The van der Waals surface area contributed by atoms with Crippen LogP contribution in [0.5, 0.6) is 0 Å². The summed E-state index contributed by atoms with van der Waals surface area (Å²) < 4.78 is 0. The monoisotopic (exact) mass is 190 g/mol. The highest BCUT2D eigenvalue weighted by molar-refractivity contribution is 5.08. The van der Waals surface area contributed by atoms with E-state index in [0.717, 1.165) is 24.4 Å². The summed E-state index contributed by atoms with van der Waals surface area (Å²) in [4.78, 5) is 3.10. The van der Waals surface area contributed by atoms with Crippen molar-refractivity contribution in [2.45, 2.75) is 38.3 Å². The van der Waals surface area contributed by atoms with Crippen molar-refractivity contribution in [2.75, 3.05) is 0 Å². The predicted molar refractivity (Wildman–Crippen MR) is 56.9 cm³/mol. The molecule has 0 spiro atoms. The summed E-state index contributed by atoms with van der Waals surface area (Å²) >= 11 is 0. The van der Waals surface area contributed by atoms with E-state index in [9.17, 15) is 0 Å². The molecular formula is C12H18N2. The van der Waals surface area contributed by atoms with Crippen molar-refractivity contribution in [3.05, 3.63) is 24.0 Å². The summed E-state index contributed by atoms with van der Waals surface area (Å²) in [5.41, 5.74) is 1.38. The van der Waals surface area contributed by atoms with Crippen LogP contribution < -0.4 is 5.32 Å². The van der Waals surface area contributed by atoms with Crippen LogP contribution in [-0.2, 0) is 6.54 Å². The van der Waals surface area contributed by atoms with Crippen molar-refractivity contribution in [1.29, 1.82) is 0 Å². The number of hydrogen-bond donors (Lipinski definition) is 2. The lowest BCUT2D eigenvalue weighted by Crippen LogP contribution is -2.32. The van der Waals surface area contributed by atoms with Gasteiger partial charge in [0, 0.05) is 25.0 Å². The van der Waals surface area contributed by atoms with Crippen LogP contribution in [0.1, 0.15) is 31.2 Å². The van der Waals surface area contributed by atoms with Crippen molar-refractivity contribution in [3.8, 4) is 0 Å². The maximum absolute atomic E-state index is 3.70. The number of nitrogens with one attached hydrogen (secondary N) is 2. The van der Waals surface area contributed by atoms with Crippen LogP contribution in [0.25, 0.3) is 0 Å². The molecule has 1 aromatic heterocycles. The van der Waals surface area contributed by atoms with Gasteiger partial charge in [-0.3, -0.25) is 0 Å². The minimum Gasteiger partial charge on any atom is -0.367 e. The largest absolute Gasteiger partial charge is 0.367 e. The molecule has 2 aliphatic carbocycles. The second-order valence-electron chi connectivity index (χ2n) is 4.80. The number of aromatic amines is 1. The molecule has 2 nitrogen and oxygen atoms in total. The summed E-state index contributed by atoms with van der Waals surface area (Å²) in [7, 11) is 0. The molecule has 2 saturated carbocycles. The smallest absolute Gasteiger partial charge is 0.0223 e. The molecule has 0 amide bonds.